The topological polar surface area (TPSA) is 193 Å². The predicted molar refractivity (Wildman–Crippen MR) is 266 cm³/mol. The zero-order valence-electron chi connectivity index (χ0n) is 44.7. The summed E-state index contributed by atoms with van der Waals surface area (Å²) in [7, 11) is 0. The highest BCUT2D eigenvalue weighted by Crippen LogP contribution is 2.56. The molecule has 10 bridgehead atoms. The van der Waals surface area contributed by atoms with Crippen molar-refractivity contribution in [3.63, 3.8) is 0 Å². The summed E-state index contributed by atoms with van der Waals surface area (Å²) in [6.45, 7) is 18.2. The Balaban J connectivity index is 0.694. The zero-order valence-corrected chi connectivity index (χ0v) is 44.7. The SMILES string of the molecule is C=C1CC2CC[C@]34CC[C@H](O3)[C@H]3C[C@@H](O4)[C@H]4O[C@H](CC[C@@H]4O3)CC(=O)O[C@H]3C(C[C@H]4O[C@@H](CC[C@@H]1O2)C[C@@H](C)C4=C)O[C@H]1C[C@H]2O[C@@]4(C[C@@H]5O[C@]6(C[C@H](C)[C@@H]7O[C@H](CN)[C@H](O)C[C@@H]7O6)C[C@H](C)[C@@H]5O4)C[C@H]2O[C@H]1[C@@H]3C. The van der Waals surface area contributed by atoms with Gasteiger partial charge in [-0.2, -0.15) is 0 Å². The Morgan fingerprint density at radius 2 is 1.17 bits per heavy atom. The van der Waals surface area contributed by atoms with E-state index in [4.69, 9.17) is 72.0 Å². The number of fused-ring (bicyclic) bond motifs is 13. The third-order valence-corrected chi connectivity index (χ3v) is 21.0. The molecule has 17 heteroatoms. The van der Waals surface area contributed by atoms with Crippen LogP contribution in [0.5, 0.6) is 0 Å². The highest BCUT2D eigenvalue weighted by atomic mass is 16.8. The highest BCUT2D eigenvalue weighted by Gasteiger charge is 2.65. The molecular formula is C58H85NO16. The van der Waals surface area contributed by atoms with Crippen LogP contribution in [-0.4, -0.2) is 169 Å². The monoisotopic (exact) mass is 1050 g/mol. The first-order valence-corrected chi connectivity index (χ1v) is 29.7. The van der Waals surface area contributed by atoms with Crippen LogP contribution >= 0.6 is 0 Å². The lowest BCUT2D eigenvalue weighted by Gasteiger charge is -2.54. The van der Waals surface area contributed by atoms with E-state index in [1.807, 2.05) is 0 Å². The van der Waals surface area contributed by atoms with Crippen molar-refractivity contribution in [1.82, 2.24) is 0 Å². The summed E-state index contributed by atoms with van der Waals surface area (Å²) in [5.41, 5.74) is 8.15. The Kier molecular flexibility index (Phi) is 13.4. The maximum absolute atomic E-state index is 14.5. The fraction of sp³-hybridized carbons (Fsp3) is 0.914. The average Bonchev–Trinajstić information content (AvgIpc) is 4.13. The Labute approximate surface area is 442 Å². The number of nitrogens with two attached hydrogens (primary N) is 1. The van der Waals surface area contributed by atoms with Gasteiger partial charge in [0.25, 0.3) is 0 Å². The Hall–Kier alpha value is -1.65. The quantitative estimate of drug-likeness (QED) is 0.224. The van der Waals surface area contributed by atoms with Gasteiger partial charge >= 0.3 is 5.97 Å². The lowest BCUT2D eigenvalue weighted by Crippen LogP contribution is -2.63. The molecule has 0 radical (unpaired) electrons. The van der Waals surface area contributed by atoms with Gasteiger partial charge in [0, 0.05) is 76.7 Å². The summed E-state index contributed by atoms with van der Waals surface area (Å²) >= 11 is 0. The Bertz CT molecular complexity index is 2190. The highest BCUT2D eigenvalue weighted by molar-refractivity contribution is 5.70. The maximum Gasteiger partial charge on any atom is 0.308 e. The molecule has 0 amide bonds. The molecule has 0 aromatic rings. The van der Waals surface area contributed by atoms with Crippen LogP contribution in [-0.2, 0) is 71.1 Å². The van der Waals surface area contributed by atoms with Gasteiger partial charge in [0.05, 0.1) is 129 Å². The van der Waals surface area contributed by atoms with Crippen LogP contribution in [0, 0.1) is 23.7 Å². The lowest BCUT2D eigenvalue weighted by atomic mass is 9.78. The summed E-state index contributed by atoms with van der Waals surface area (Å²) < 4.78 is 96.6. The first kappa shape index (κ1) is 51.5. The van der Waals surface area contributed by atoms with Crippen molar-refractivity contribution in [2.75, 3.05) is 6.54 Å². The van der Waals surface area contributed by atoms with Crippen LogP contribution in [0.2, 0.25) is 0 Å². The van der Waals surface area contributed by atoms with Crippen molar-refractivity contribution in [3.05, 3.63) is 24.3 Å². The van der Waals surface area contributed by atoms with Gasteiger partial charge in [0.15, 0.2) is 17.4 Å². The van der Waals surface area contributed by atoms with Gasteiger partial charge in [-0.15, -0.1) is 0 Å². The molecule has 2 unspecified atom stereocenters. The van der Waals surface area contributed by atoms with Crippen LogP contribution in [0.3, 0.4) is 0 Å². The molecule has 14 fully saturated rings. The molecule has 418 valence electrons. The predicted octanol–water partition coefficient (Wildman–Crippen LogP) is 6.15. The second-order valence-corrected chi connectivity index (χ2v) is 26.4. The second-order valence-electron chi connectivity index (χ2n) is 26.4. The van der Waals surface area contributed by atoms with E-state index in [0.29, 0.717) is 57.8 Å². The number of carbonyl (C=O) groups excluding carboxylic acids is 1. The molecule has 29 atom stereocenters. The van der Waals surface area contributed by atoms with Gasteiger partial charge in [0.2, 0.25) is 0 Å². The van der Waals surface area contributed by atoms with Crippen LogP contribution in [0.25, 0.3) is 0 Å². The van der Waals surface area contributed by atoms with E-state index in [9.17, 15) is 9.90 Å². The zero-order chi connectivity index (χ0) is 51.3. The Morgan fingerprint density at radius 1 is 0.507 bits per heavy atom. The molecule has 3 spiro atoms. The lowest BCUT2D eigenvalue weighted by molar-refractivity contribution is -0.370. The number of aliphatic hydroxyl groups is 1. The molecular weight excluding hydrogens is 967 g/mol. The largest absolute Gasteiger partial charge is 0.459 e. The van der Waals surface area contributed by atoms with E-state index in [1.54, 1.807) is 0 Å². The molecule has 14 aliphatic heterocycles. The van der Waals surface area contributed by atoms with Crippen molar-refractivity contribution in [2.45, 2.75) is 301 Å². The van der Waals surface area contributed by atoms with Gasteiger partial charge in [-0.25, -0.2) is 0 Å². The molecule has 3 N–H and O–H groups in total. The van der Waals surface area contributed by atoms with Crippen molar-refractivity contribution < 1.29 is 76.2 Å². The normalized spacial score (nSPS) is 57.5. The van der Waals surface area contributed by atoms with E-state index in [1.165, 1.54) is 0 Å². The van der Waals surface area contributed by atoms with E-state index in [-0.39, 0.29) is 159 Å². The van der Waals surface area contributed by atoms with Gasteiger partial charge in [-0.1, -0.05) is 40.9 Å². The van der Waals surface area contributed by atoms with Crippen LogP contribution in [0.4, 0.5) is 0 Å². The number of rotatable bonds is 1. The van der Waals surface area contributed by atoms with Crippen LogP contribution in [0.15, 0.2) is 24.3 Å². The van der Waals surface area contributed by atoms with Gasteiger partial charge < -0.3 is 77.2 Å². The Morgan fingerprint density at radius 3 is 2.03 bits per heavy atom. The molecule has 14 saturated heterocycles. The number of ether oxygens (including phenoxy) is 14. The van der Waals surface area contributed by atoms with Gasteiger partial charge in [-0.05, 0) is 80.3 Å². The minimum atomic E-state index is -0.889. The third kappa shape index (κ3) is 9.29. The maximum atomic E-state index is 14.5. The van der Waals surface area contributed by atoms with E-state index in [0.717, 1.165) is 68.9 Å². The fourth-order valence-electron chi connectivity index (χ4n) is 17.3. The van der Waals surface area contributed by atoms with Gasteiger partial charge in [-0.3, -0.25) is 4.79 Å². The first-order chi connectivity index (χ1) is 36.1. The summed E-state index contributed by atoms with van der Waals surface area (Å²) in [6.07, 6.45) is 7.54. The summed E-state index contributed by atoms with van der Waals surface area (Å²) in [5, 5.41) is 10.9. The molecule has 14 aliphatic rings. The summed E-state index contributed by atoms with van der Waals surface area (Å²) in [4.78, 5) is 14.5. The smallest absolute Gasteiger partial charge is 0.308 e. The number of aliphatic hydroxyl groups excluding tert-OH is 1. The molecule has 14 rings (SSSR count). The number of hydrogen-bond acceptors (Lipinski definition) is 17. The first-order valence-electron chi connectivity index (χ1n) is 29.7. The molecule has 0 aromatic carbocycles. The van der Waals surface area contributed by atoms with Crippen molar-refractivity contribution in [2.24, 2.45) is 29.4 Å². The van der Waals surface area contributed by atoms with Gasteiger partial charge in [0.1, 0.15) is 12.2 Å². The van der Waals surface area contributed by atoms with E-state index >= 15 is 0 Å². The minimum absolute atomic E-state index is 0.00395. The fourth-order valence-corrected chi connectivity index (χ4v) is 17.3. The van der Waals surface area contributed by atoms with Crippen LogP contribution in [0.1, 0.15) is 150 Å². The number of hydrogen-bond donors (Lipinski definition) is 2. The molecule has 0 aromatic heterocycles. The van der Waals surface area contributed by atoms with E-state index in [2.05, 4.69) is 40.9 Å². The summed E-state index contributed by atoms with van der Waals surface area (Å²) in [5.74, 6) is -2.39. The van der Waals surface area contributed by atoms with E-state index < -0.39 is 35.7 Å². The number of carbonyl (C=O) groups is 1. The molecule has 17 nitrogen and oxygen atoms in total. The summed E-state index contributed by atoms with van der Waals surface area (Å²) in [6, 6.07) is 0. The second kappa shape index (κ2) is 19.5. The molecule has 0 aliphatic carbocycles. The average molecular weight is 1050 g/mol. The minimum Gasteiger partial charge on any atom is -0.459 e. The molecule has 14 heterocycles. The van der Waals surface area contributed by atoms with Crippen molar-refractivity contribution in [1.29, 1.82) is 0 Å². The molecule has 0 saturated carbocycles. The van der Waals surface area contributed by atoms with Crippen molar-refractivity contribution in [3.8, 4) is 0 Å². The number of esters is 1. The van der Waals surface area contributed by atoms with Crippen molar-refractivity contribution >= 4 is 5.97 Å². The van der Waals surface area contributed by atoms with Crippen LogP contribution < -0.4 is 5.73 Å². The third-order valence-electron chi connectivity index (χ3n) is 21.0. The standard InChI is InChI=1S/C58H85NO16/c1-27-15-33-7-9-37-28(2)16-35(62-37)11-13-56-14-12-38(70-56)41-20-46(72-56)55-39(65-41)10-8-34(64-55)17-50(61)69-54-32(6)53-44(66-43(54)19-40(63-33)31(27)5)21-42-47(67-53)24-58(71-42)25-48-52(75-58)30(4)23-57(74-48)22-29(3)51-45(73-57)18-36(60)49(26-59)68-51/h27,29-30,32-49,51-55,60H,2,5,7-26,59H2,1,3-4,6H3/t27-,29+,30+,32+,33+,34-,35?,36-,37+,38+,39+,40-,41-,42-,43?,44+,45+,46-,47-,48+,49-,51+,52+,53+,54-,55+,56+,57-,58+/m1/s1. The molecule has 75 heavy (non-hydrogen) atoms.